The summed E-state index contributed by atoms with van der Waals surface area (Å²) in [7, 11) is 1.51. The Hall–Kier alpha value is -2.25. The van der Waals surface area contributed by atoms with Crippen LogP contribution >= 0.6 is 11.6 Å². The Kier molecular flexibility index (Phi) is 5.38. The summed E-state index contributed by atoms with van der Waals surface area (Å²) in [4.78, 5) is 17.0. The first-order valence-corrected chi connectivity index (χ1v) is 8.85. The molecule has 7 nitrogen and oxygen atoms in total. The third-order valence-corrected chi connectivity index (χ3v) is 5.10. The maximum absolute atomic E-state index is 12.9. The molecule has 26 heavy (non-hydrogen) atoms. The molecule has 1 saturated heterocycles. The van der Waals surface area contributed by atoms with E-state index in [0.717, 1.165) is 36.7 Å². The number of carbonyl (C=O) groups is 1. The summed E-state index contributed by atoms with van der Waals surface area (Å²) in [6, 6.07) is 3.16. The number of nitrogen functional groups attached to an aromatic ring is 1. The number of nitrogens with zero attached hydrogens (tertiary/aromatic N) is 3. The van der Waals surface area contributed by atoms with Gasteiger partial charge in [0.2, 0.25) is 0 Å². The van der Waals surface area contributed by atoms with Crippen LogP contribution in [0.3, 0.4) is 0 Å². The first-order chi connectivity index (χ1) is 12.4. The molecule has 1 aromatic heterocycles. The molecule has 1 aliphatic heterocycles. The Bertz CT molecular complexity index is 794. The molecule has 1 aliphatic rings. The summed E-state index contributed by atoms with van der Waals surface area (Å²) in [5.41, 5.74) is 8.66. The predicted octanol–water partition coefficient (Wildman–Crippen LogP) is 2.49. The molecular formula is C18H23ClN4O3. The number of halogens is 1. The van der Waals surface area contributed by atoms with E-state index in [1.54, 1.807) is 12.1 Å². The summed E-state index contributed by atoms with van der Waals surface area (Å²) in [5.74, 6) is 1.19. The number of aryl methyl sites for hydroxylation is 2. The standard InChI is InChI=1S/C18H23ClN4O3/c1-11-14(12(2)26-21-11)10-22-4-6-23(7-5-22)18(24)13-8-15(19)16(20)9-17(13)25-3/h8-9H,4-7,10,20H2,1-3H3. The molecule has 2 heterocycles. The zero-order valence-electron chi connectivity index (χ0n) is 15.2. The average molecular weight is 379 g/mol. The molecule has 0 saturated carbocycles. The number of hydrogen-bond donors (Lipinski definition) is 1. The van der Waals surface area contributed by atoms with Gasteiger partial charge < -0.3 is 19.9 Å². The highest BCUT2D eigenvalue weighted by Crippen LogP contribution is 2.30. The summed E-state index contributed by atoms with van der Waals surface area (Å²) in [5, 5.41) is 4.35. The number of benzene rings is 1. The molecule has 140 valence electrons. The number of nitrogens with two attached hydrogens (primary N) is 1. The number of aromatic nitrogens is 1. The fraction of sp³-hybridized carbons (Fsp3) is 0.444. The van der Waals surface area contributed by atoms with E-state index in [1.165, 1.54) is 7.11 Å². The molecule has 0 radical (unpaired) electrons. The monoisotopic (exact) mass is 378 g/mol. The Morgan fingerprint density at radius 2 is 2.00 bits per heavy atom. The van der Waals surface area contributed by atoms with Gasteiger partial charge in [0.1, 0.15) is 11.5 Å². The normalized spacial score (nSPS) is 15.3. The summed E-state index contributed by atoms with van der Waals surface area (Å²) in [6.45, 7) is 7.47. The van der Waals surface area contributed by atoms with Crippen LogP contribution in [0.4, 0.5) is 5.69 Å². The summed E-state index contributed by atoms with van der Waals surface area (Å²) < 4.78 is 10.5. The average Bonchev–Trinajstić information content (AvgIpc) is 2.95. The van der Waals surface area contributed by atoms with Crippen LogP contribution < -0.4 is 10.5 Å². The first kappa shape index (κ1) is 18.5. The molecule has 1 amide bonds. The lowest BCUT2D eigenvalue weighted by Gasteiger charge is -2.35. The third kappa shape index (κ3) is 3.64. The van der Waals surface area contributed by atoms with Crippen molar-refractivity contribution < 1.29 is 14.1 Å². The molecule has 3 rings (SSSR count). The van der Waals surface area contributed by atoms with Crippen LogP contribution in [0.2, 0.25) is 5.02 Å². The Morgan fingerprint density at radius 3 is 2.58 bits per heavy atom. The largest absolute Gasteiger partial charge is 0.496 e. The van der Waals surface area contributed by atoms with Crippen molar-refractivity contribution >= 4 is 23.2 Å². The summed E-state index contributed by atoms with van der Waals surface area (Å²) >= 11 is 6.08. The molecular weight excluding hydrogens is 356 g/mol. The zero-order valence-corrected chi connectivity index (χ0v) is 16.0. The first-order valence-electron chi connectivity index (χ1n) is 8.47. The smallest absolute Gasteiger partial charge is 0.257 e. The number of piperazine rings is 1. The molecule has 1 fully saturated rings. The highest BCUT2D eigenvalue weighted by atomic mass is 35.5. The molecule has 1 aromatic carbocycles. The van der Waals surface area contributed by atoms with Crippen LogP contribution in [0, 0.1) is 13.8 Å². The molecule has 0 spiro atoms. The second-order valence-corrected chi connectivity index (χ2v) is 6.85. The predicted molar refractivity (Wildman–Crippen MR) is 99.6 cm³/mol. The van der Waals surface area contributed by atoms with E-state index in [-0.39, 0.29) is 5.91 Å². The van der Waals surface area contributed by atoms with Crippen LogP contribution in [0.5, 0.6) is 5.75 Å². The number of methoxy groups -OCH3 is 1. The van der Waals surface area contributed by atoms with Crippen molar-refractivity contribution in [2.24, 2.45) is 0 Å². The van der Waals surface area contributed by atoms with Crippen LogP contribution in [-0.4, -0.2) is 54.2 Å². The fourth-order valence-electron chi connectivity index (χ4n) is 3.14. The van der Waals surface area contributed by atoms with Crippen LogP contribution in [0.25, 0.3) is 0 Å². The van der Waals surface area contributed by atoms with Gasteiger partial charge in [-0.2, -0.15) is 0 Å². The van der Waals surface area contributed by atoms with Gasteiger partial charge in [-0.05, 0) is 19.9 Å². The van der Waals surface area contributed by atoms with Crippen molar-refractivity contribution in [3.8, 4) is 5.75 Å². The molecule has 0 unspecified atom stereocenters. The van der Waals surface area contributed by atoms with E-state index in [9.17, 15) is 4.79 Å². The van der Waals surface area contributed by atoms with Gasteiger partial charge in [-0.25, -0.2) is 0 Å². The summed E-state index contributed by atoms with van der Waals surface area (Å²) in [6.07, 6.45) is 0. The minimum Gasteiger partial charge on any atom is -0.496 e. The Balaban J connectivity index is 1.66. The highest BCUT2D eigenvalue weighted by molar-refractivity contribution is 6.33. The van der Waals surface area contributed by atoms with E-state index in [2.05, 4.69) is 10.1 Å². The second-order valence-electron chi connectivity index (χ2n) is 6.45. The number of ether oxygens (including phenoxy) is 1. The van der Waals surface area contributed by atoms with Gasteiger partial charge in [-0.15, -0.1) is 0 Å². The number of carbonyl (C=O) groups excluding carboxylic acids is 1. The van der Waals surface area contributed by atoms with Gasteiger partial charge in [-0.3, -0.25) is 9.69 Å². The maximum Gasteiger partial charge on any atom is 0.257 e. The number of rotatable bonds is 4. The fourth-order valence-corrected chi connectivity index (χ4v) is 3.30. The quantitative estimate of drug-likeness (QED) is 0.823. The number of anilines is 1. The van der Waals surface area contributed by atoms with Gasteiger partial charge in [0.05, 0.1) is 29.1 Å². The van der Waals surface area contributed by atoms with E-state index in [0.29, 0.717) is 35.1 Å². The lowest BCUT2D eigenvalue weighted by Crippen LogP contribution is -2.48. The SMILES string of the molecule is COc1cc(N)c(Cl)cc1C(=O)N1CCN(Cc2c(C)noc2C)CC1. The van der Waals surface area contributed by atoms with Crippen molar-refractivity contribution in [3.63, 3.8) is 0 Å². The van der Waals surface area contributed by atoms with Gasteiger partial charge in [0, 0.05) is 44.4 Å². The molecule has 2 aromatic rings. The zero-order chi connectivity index (χ0) is 18.8. The number of amides is 1. The Morgan fingerprint density at radius 1 is 1.31 bits per heavy atom. The molecule has 8 heteroatoms. The van der Waals surface area contributed by atoms with E-state index in [4.69, 9.17) is 26.6 Å². The molecule has 2 N–H and O–H groups in total. The van der Waals surface area contributed by atoms with E-state index >= 15 is 0 Å². The van der Waals surface area contributed by atoms with E-state index < -0.39 is 0 Å². The van der Waals surface area contributed by atoms with Crippen molar-refractivity contribution in [2.45, 2.75) is 20.4 Å². The van der Waals surface area contributed by atoms with Gasteiger partial charge in [0.15, 0.2) is 0 Å². The second kappa shape index (κ2) is 7.55. The lowest BCUT2D eigenvalue weighted by atomic mass is 10.1. The van der Waals surface area contributed by atoms with Crippen molar-refractivity contribution in [1.82, 2.24) is 15.0 Å². The maximum atomic E-state index is 12.9. The van der Waals surface area contributed by atoms with Crippen LogP contribution in [-0.2, 0) is 6.54 Å². The van der Waals surface area contributed by atoms with E-state index in [1.807, 2.05) is 18.7 Å². The highest BCUT2D eigenvalue weighted by Gasteiger charge is 2.26. The van der Waals surface area contributed by atoms with Crippen LogP contribution in [0.1, 0.15) is 27.4 Å². The third-order valence-electron chi connectivity index (χ3n) is 4.77. The van der Waals surface area contributed by atoms with Gasteiger partial charge in [0.25, 0.3) is 5.91 Å². The van der Waals surface area contributed by atoms with Crippen LogP contribution in [0.15, 0.2) is 16.7 Å². The number of hydrogen-bond acceptors (Lipinski definition) is 6. The molecule has 0 aliphatic carbocycles. The molecule has 0 atom stereocenters. The van der Waals surface area contributed by atoms with Gasteiger partial charge in [-0.1, -0.05) is 16.8 Å². The molecule has 0 bridgehead atoms. The minimum absolute atomic E-state index is 0.0965. The van der Waals surface area contributed by atoms with Gasteiger partial charge >= 0.3 is 0 Å². The van der Waals surface area contributed by atoms with Crippen molar-refractivity contribution in [2.75, 3.05) is 39.0 Å². The lowest BCUT2D eigenvalue weighted by molar-refractivity contribution is 0.0624. The van der Waals surface area contributed by atoms with Crippen molar-refractivity contribution in [3.05, 3.63) is 39.7 Å². The van der Waals surface area contributed by atoms with Crippen molar-refractivity contribution in [1.29, 1.82) is 0 Å². The topological polar surface area (TPSA) is 84.8 Å². The Labute approximate surface area is 157 Å². The minimum atomic E-state index is -0.0965.